The second-order valence-electron chi connectivity index (χ2n) is 6.22. The fourth-order valence-corrected chi connectivity index (χ4v) is 3.58. The Morgan fingerprint density at radius 3 is 2.48 bits per heavy atom. The van der Waals surface area contributed by atoms with Crippen LogP contribution in [-0.4, -0.2) is 17.9 Å². The highest BCUT2D eigenvalue weighted by Crippen LogP contribution is 2.20. The van der Waals surface area contributed by atoms with E-state index in [9.17, 15) is 4.79 Å². The maximum absolute atomic E-state index is 11.9. The molecule has 4 nitrogen and oxygen atoms in total. The van der Waals surface area contributed by atoms with Gasteiger partial charge in [-0.2, -0.15) is 5.10 Å². The van der Waals surface area contributed by atoms with Gasteiger partial charge >= 0.3 is 0 Å². The van der Waals surface area contributed by atoms with Crippen molar-refractivity contribution in [3.8, 4) is 5.75 Å². The van der Waals surface area contributed by atoms with E-state index in [1.165, 1.54) is 11.8 Å². The van der Waals surface area contributed by atoms with Gasteiger partial charge < -0.3 is 4.74 Å². The van der Waals surface area contributed by atoms with Crippen LogP contribution in [0.25, 0.3) is 0 Å². The summed E-state index contributed by atoms with van der Waals surface area (Å²) in [7, 11) is 0. The lowest BCUT2D eigenvalue weighted by atomic mass is 10.2. The number of carbonyl (C=O) groups excluding carboxylic acids is 1. The van der Waals surface area contributed by atoms with Crippen LogP contribution in [0.5, 0.6) is 5.75 Å². The van der Waals surface area contributed by atoms with Crippen molar-refractivity contribution >= 4 is 35.5 Å². The molecule has 0 saturated heterocycles. The van der Waals surface area contributed by atoms with Gasteiger partial charge in [0.2, 0.25) is 5.91 Å². The van der Waals surface area contributed by atoms with Gasteiger partial charge in [-0.15, -0.1) is 11.8 Å². The second kappa shape index (κ2) is 11.3. The minimum absolute atomic E-state index is 0.152. The van der Waals surface area contributed by atoms with Crippen molar-refractivity contribution in [2.75, 3.05) is 5.75 Å². The van der Waals surface area contributed by atoms with Crippen molar-refractivity contribution in [2.45, 2.75) is 12.4 Å². The summed E-state index contributed by atoms with van der Waals surface area (Å²) in [5.41, 5.74) is 5.55. The van der Waals surface area contributed by atoms with E-state index < -0.39 is 0 Å². The summed E-state index contributed by atoms with van der Waals surface area (Å²) < 4.78 is 5.75. The Bertz CT molecular complexity index is 947. The van der Waals surface area contributed by atoms with Crippen LogP contribution in [-0.2, 0) is 17.2 Å². The van der Waals surface area contributed by atoms with Gasteiger partial charge in [0.25, 0.3) is 0 Å². The van der Waals surface area contributed by atoms with Gasteiger partial charge in [0.05, 0.1) is 12.0 Å². The molecule has 3 rings (SSSR count). The Labute approximate surface area is 179 Å². The third-order valence-electron chi connectivity index (χ3n) is 3.98. The summed E-state index contributed by atoms with van der Waals surface area (Å²) in [5.74, 6) is 1.63. The Morgan fingerprint density at radius 2 is 1.72 bits per heavy atom. The maximum atomic E-state index is 11.9. The number of amides is 1. The molecule has 3 aromatic carbocycles. The topological polar surface area (TPSA) is 50.7 Å². The number of benzene rings is 3. The van der Waals surface area contributed by atoms with Crippen LogP contribution < -0.4 is 10.2 Å². The number of carbonyl (C=O) groups is 1. The van der Waals surface area contributed by atoms with Crippen molar-refractivity contribution in [1.29, 1.82) is 0 Å². The quantitative estimate of drug-likeness (QED) is 0.374. The number of nitrogens with zero attached hydrogens (tertiary/aromatic N) is 1. The lowest BCUT2D eigenvalue weighted by Gasteiger charge is -2.06. The van der Waals surface area contributed by atoms with Gasteiger partial charge in [-0.3, -0.25) is 4.79 Å². The maximum Gasteiger partial charge on any atom is 0.250 e. The van der Waals surface area contributed by atoms with E-state index in [2.05, 4.69) is 10.5 Å². The SMILES string of the molecule is O=C(CSCc1ccccc1Cl)NN=Cc1ccc(OCc2ccccc2)cc1. The first-order valence-electron chi connectivity index (χ1n) is 9.10. The van der Waals surface area contributed by atoms with Crippen LogP contribution in [0.15, 0.2) is 84.0 Å². The number of nitrogens with one attached hydrogen (secondary N) is 1. The first-order valence-corrected chi connectivity index (χ1v) is 10.6. The normalized spacial score (nSPS) is 10.8. The molecule has 0 atom stereocenters. The first kappa shape index (κ1) is 21.0. The Kier molecular flexibility index (Phi) is 8.16. The molecule has 0 aliphatic heterocycles. The molecule has 1 N–H and O–H groups in total. The van der Waals surface area contributed by atoms with Gasteiger partial charge in [-0.1, -0.05) is 60.1 Å². The van der Waals surface area contributed by atoms with Crippen LogP contribution in [0, 0.1) is 0 Å². The van der Waals surface area contributed by atoms with Crippen molar-refractivity contribution in [1.82, 2.24) is 5.43 Å². The molecule has 0 fully saturated rings. The highest BCUT2D eigenvalue weighted by molar-refractivity contribution is 7.99. The van der Waals surface area contributed by atoms with E-state index in [1.54, 1.807) is 6.21 Å². The molecule has 0 aromatic heterocycles. The zero-order valence-corrected chi connectivity index (χ0v) is 17.3. The highest BCUT2D eigenvalue weighted by atomic mass is 35.5. The van der Waals surface area contributed by atoms with E-state index in [1.807, 2.05) is 78.9 Å². The average Bonchev–Trinajstić information content (AvgIpc) is 2.75. The molecule has 0 unspecified atom stereocenters. The number of hydrogen-bond acceptors (Lipinski definition) is 4. The van der Waals surface area contributed by atoms with Crippen LogP contribution >= 0.6 is 23.4 Å². The van der Waals surface area contributed by atoms with Crippen molar-refractivity contribution in [3.63, 3.8) is 0 Å². The van der Waals surface area contributed by atoms with E-state index in [0.717, 1.165) is 27.5 Å². The lowest BCUT2D eigenvalue weighted by molar-refractivity contribution is -0.118. The fourth-order valence-electron chi connectivity index (χ4n) is 2.47. The van der Waals surface area contributed by atoms with E-state index in [-0.39, 0.29) is 5.91 Å². The Balaban J connectivity index is 1.38. The third kappa shape index (κ3) is 7.29. The zero-order chi connectivity index (χ0) is 20.3. The van der Waals surface area contributed by atoms with E-state index in [4.69, 9.17) is 16.3 Å². The van der Waals surface area contributed by atoms with Crippen LogP contribution in [0.1, 0.15) is 16.7 Å². The predicted octanol–water partition coefficient (Wildman–Crippen LogP) is 5.30. The molecule has 148 valence electrons. The van der Waals surface area contributed by atoms with Crippen molar-refractivity contribution < 1.29 is 9.53 Å². The number of hydrazone groups is 1. The Hall–Kier alpha value is -2.76. The number of halogens is 1. The molecule has 1 amide bonds. The summed E-state index contributed by atoms with van der Waals surface area (Å²) in [4.78, 5) is 11.9. The van der Waals surface area contributed by atoms with Crippen molar-refractivity contribution in [3.05, 3.63) is 101 Å². The average molecular weight is 425 g/mol. The molecule has 0 bridgehead atoms. The minimum Gasteiger partial charge on any atom is -0.489 e. The van der Waals surface area contributed by atoms with Gasteiger partial charge in [-0.05, 0) is 47.0 Å². The number of ether oxygens (including phenoxy) is 1. The number of hydrogen-bond donors (Lipinski definition) is 1. The molecule has 3 aromatic rings. The molecule has 0 aliphatic rings. The first-order chi connectivity index (χ1) is 14.2. The fraction of sp³-hybridized carbons (Fsp3) is 0.130. The van der Waals surface area contributed by atoms with E-state index in [0.29, 0.717) is 18.1 Å². The third-order valence-corrected chi connectivity index (χ3v) is 5.33. The molecular weight excluding hydrogens is 404 g/mol. The Morgan fingerprint density at radius 1 is 1.00 bits per heavy atom. The molecule has 0 aliphatic carbocycles. The zero-order valence-electron chi connectivity index (χ0n) is 15.8. The smallest absolute Gasteiger partial charge is 0.250 e. The van der Waals surface area contributed by atoms with E-state index >= 15 is 0 Å². The number of thioether (sulfide) groups is 1. The summed E-state index contributed by atoms with van der Waals surface area (Å²) in [6, 6.07) is 25.2. The molecule has 0 saturated carbocycles. The standard InChI is InChI=1S/C23H21ClN2O2S/c24-22-9-5-4-8-20(22)16-29-17-23(27)26-25-14-18-10-12-21(13-11-18)28-15-19-6-2-1-3-7-19/h1-14H,15-17H2,(H,26,27). The largest absolute Gasteiger partial charge is 0.489 e. The summed E-state index contributed by atoms with van der Waals surface area (Å²) >= 11 is 7.60. The van der Waals surface area contributed by atoms with Crippen molar-refractivity contribution in [2.24, 2.45) is 5.10 Å². The summed E-state index contributed by atoms with van der Waals surface area (Å²) in [6.45, 7) is 0.524. The van der Waals surface area contributed by atoms with Crippen LogP contribution in [0.2, 0.25) is 5.02 Å². The monoisotopic (exact) mass is 424 g/mol. The summed E-state index contributed by atoms with van der Waals surface area (Å²) in [6.07, 6.45) is 1.61. The minimum atomic E-state index is -0.152. The van der Waals surface area contributed by atoms with Gasteiger partial charge in [0.15, 0.2) is 0 Å². The molecule has 0 radical (unpaired) electrons. The van der Waals surface area contributed by atoms with Crippen LogP contribution in [0.4, 0.5) is 0 Å². The predicted molar refractivity (Wildman–Crippen MR) is 121 cm³/mol. The molecule has 29 heavy (non-hydrogen) atoms. The van der Waals surface area contributed by atoms with Crippen LogP contribution in [0.3, 0.4) is 0 Å². The number of rotatable bonds is 9. The molecule has 0 spiro atoms. The lowest BCUT2D eigenvalue weighted by Crippen LogP contribution is -2.19. The summed E-state index contributed by atoms with van der Waals surface area (Å²) in [5, 5.41) is 4.72. The molecule has 6 heteroatoms. The van der Waals surface area contributed by atoms with Gasteiger partial charge in [0, 0.05) is 10.8 Å². The second-order valence-corrected chi connectivity index (χ2v) is 7.61. The van der Waals surface area contributed by atoms with Gasteiger partial charge in [0.1, 0.15) is 12.4 Å². The molecule has 0 heterocycles. The molecular formula is C23H21ClN2O2S. The highest BCUT2D eigenvalue weighted by Gasteiger charge is 2.03. The van der Waals surface area contributed by atoms with Gasteiger partial charge in [-0.25, -0.2) is 5.43 Å².